The van der Waals surface area contributed by atoms with Gasteiger partial charge in [-0.15, -0.1) is 0 Å². The van der Waals surface area contributed by atoms with Gasteiger partial charge in [0.15, 0.2) is 16.7 Å². The number of amidine groups is 1. The Morgan fingerprint density at radius 2 is 1.78 bits per heavy atom. The highest BCUT2D eigenvalue weighted by atomic mass is 32.2. The lowest BCUT2D eigenvalue weighted by Gasteiger charge is -2.13. The second kappa shape index (κ2) is 10.2. The van der Waals surface area contributed by atoms with Gasteiger partial charge in [0.2, 0.25) is 5.75 Å². The molecule has 0 spiro atoms. The highest BCUT2D eigenvalue weighted by molar-refractivity contribution is 8.18. The molecule has 3 rings (SSSR count). The molecule has 0 unspecified atom stereocenters. The van der Waals surface area contributed by atoms with Crippen LogP contribution in [-0.2, 0) is 9.53 Å². The highest BCUT2D eigenvalue weighted by Crippen LogP contribution is 2.40. The smallest absolute Gasteiger partial charge is 0.338 e. The molecule has 1 amide bonds. The molecule has 0 aromatic heterocycles. The molecule has 0 atom stereocenters. The zero-order valence-corrected chi connectivity index (χ0v) is 19.3. The molecule has 0 aliphatic carbocycles. The van der Waals surface area contributed by atoms with Gasteiger partial charge in [-0.2, -0.15) is 0 Å². The van der Waals surface area contributed by atoms with E-state index in [0.29, 0.717) is 50.7 Å². The Kier molecular flexibility index (Phi) is 7.42. The Balaban J connectivity index is 1.92. The number of methoxy groups -OCH3 is 3. The molecule has 1 saturated heterocycles. The monoisotopic (exact) mass is 456 g/mol. The maximum atomic E-state index is 12.8. The van der Waals surface area contributed by atoms with E-state index in [-0.39, 0.29) is 5.91 Å². The third-order valence-corrected chi connectivity index (χ3v) is 5.63. The van der Waals surface area contributed by atoms with Gasteiger partial charge < -0.3 is 18.9 Å². The summed E-state index contributed by atoms with van der Waals surface area (Å²) in [5.41, 5.74) is 1.67. The number of aliphatic imine (C=N–C) groups is 1. The lowest BCUT2D eigenvalue weighted by atomic mass is 10.1. The third kappa shape index (κ3) is 4.88. The van der Waals surface area contributed by atoms with Crippen molar-refractivity contribution in [3.63, 3.8) is 0 Å². The first-order chi connectivity index (χ1) is 15.4. The second-order valence-corrected chi connectivity index (χ2v) is 7.61. The SMILES string of the molecule is CCOC(=O)c1cccc(N=C2SC(=Cc3cc(OC)c(OC)c(OC)c3)C(=O)N2C)c1. The molecule has 2 aromatic rings. The number of carbonyl (C=O) groups excluding carboxylic acids is 2. The molecule has 168 valence electrons. The number of ether oxygens (including phenoxy) is 4. The van der Waals surface area contributed by atoms with Crippen LogP contribution < -0.4 is 14.2 Å². The molecule has 1 heterocycles. The van der Waals surface area contributed by atoms with Crippen LogP contribution in [0.5, 0.6) is 17.2 Å². The minimum Gasteiger partial charge on any atom is -0.493 e. The van der Waals surface area contributed by atoms with Crippen LogP contribution in [0.1, 0.15) is 22.8 Å². The average molecular weight is 457 g/mol. The van der Waals surface area contributed by atoms with Gasteiger partial charge in [-0.1, -0.05) is 6.07 Å². The summed E-state index contributed by atoms with van der Waals surface area (Å²) in [5, 5.41) is 0.495. The summed E-state index contributed by atoms with van der Waals surface area (Å²) in [7, 11) is 6.25. The molecule has 0 saturated carbocycles. The van der Waals surface area contributed by atoms with Crippen molar-refractivity contribution in [3.05, 3.63) is 52.4 Å². The van der Waals surface area contributed by atoms with Crippen molar-refractivity contribution < 1.29 is 28.5 Å². The molecule has 0 bridgehead atoms. The fourth-order valence-corrected chi connectivity index (χ4v) is 4.00. The molecule has 8 nitrogen and oxygen atoms in total. The van der Waals surface area contributed by atoms with E-state index < -0.39 is 5.97 Å². The summed E-state index contributed by atoms with van der Waals surface area (Å²) in [6.45, 7) is 2.04. The first-order valence-electron chi connectivity index (χ1n) is 9.75. The van der Waals surface area contributed by atoms with Crippen molar-refractivity contribution in [3.8, 4) is 17.2 Å². The molecule has 1 aliphatic rings. The van der Waals surface area contributed by atoms with Crippen molar-refractivity contribution in [1.29, 1.82) is 0 Å². The van der Waals surface area contributed by atoms with Gasteiger partial charge in [0.05, 0.1) is 44.1 Å². The van der Waals surface area contributed by atoms with Crippen LogP contribution >= 0.6 is 11.8 Å². The number of hydrogen-bond donors (Lipinski definition) is 0. The van der Waals surface area contributed by atoms with E-state index in [9.17, 15) is 9.59 Å². The van der Waals surface area contributed by atoms with Crippen LogP contribution in [0.25, 0.3) is 6.08 Å². The fraction of sp³-hybridized carbons (Fsp3) is 0.261. The second-order valence-electron chi connectivity index (χ2n) is 6.60. The minimum absolute atomic E-state index is 0.191. The van der Waals surface area contributed by atoms with Crippen molar-refractivity contribution in [2.75, 3.05) is 35.0 Å². The lowest BCUT2D eigenvalue weighted by Crippen LogP contribution is -2.23. The van der Waals surface area contributed by atoms with Gasteiger partial charge in [-0.05, 0) is 60.7 Å². The number of amides is 1. The van der Waals surface area contributed by atoms with E-state index >= 15 is 0 Å². The van der Waals surface area contributed by atoms with Crippen molar-refractivity contribution in [2.24, 2.45) is 4.99 Å². The summed E-state index contributed by atoms with van der Waals surface area (Å²) < 4.78 is 21.1. The van der Waals surface area contributed by atoms with Crippen LogP contribution in [0.3, 0.4) is 0 Å². The maximum Gasteiger partial charge on any atom is 0.338 e. The van der Waals surface area contributed by atoms with E-state index in [1.807, 2.05) is 0 Å². The molecular weight excluding hydrogens is 432 g/mol. The molecule has 0 N–H and O–H groups in total. The predicted molar refractivity (Wildman–Crippen MR) is 124 cm³/mol. The molecule has 0 radical (unpaired) electrons. The van der Waals surface area contributed by atoms with Crippen LogP contribution in [0, 0.1) is 0 Å². The molecule has 1 fully saturated rings. The Bertz CT molecular complexity index is 1070. The van der Waals surface area contributed by atoms with Crippen LogP contribution in [0.15, 0.2) is 46.3 Å². The van der Waals surface area contributed by atoms with E-state index in [1.54, 1.807) is 56.4 Å². The number of rotatable bonds is 7. The Morgan fingerprint density at radius 3 is 2.38 bits per heavy atom. The zero-order chi connectivity index (χ0) is 23.3. The van der Waals surface area contributed by atoms with E-state index in [1.165, 1.54) is 38.0 Å². The van der Waals surface area contributed by atoms with Crippen LogP contribution in [0.2, 0.25) is 0 Å². The van der Waals surface area contributed by atoms with Gasteiger partial charge in [-0.25, -0.2) is 9.79 Å². The zero-order valence-electron chi connectivity index (χ0n) is 18.5. The number of thioether (sulfide) groups is 1. The Labute approximate surface area is 190 Å². The molecule has 2 aromatic carbocycles. The average Bonchev–Trinajstić information content (AvgIpc) is 3.06. The number of hydrogen-bond acceptors (Lipinski definition) is 8. The third-order valence-electron chi connectivity index (χ3n) is 4.57. The highest BCUT2D eigenvalue weighted by Gasteiger charge is 2.30. The predicted octanol–water partition coefficient (Wildman–Crippen LogP) is 4.12. The van der Waals surface area contributed by atoms with Gasteiger partial charge in [0.25, 0.3) is 5.91 Å². The summed E-state index contributed by atoms with van der Waals surface area (Å²) in [6.07, 6.45) is 1.74. The summed E-state index contributed by atoms with van der Waals surface area (Å²) >= 11 is 1.24. The first-order valence-corrected chi connectivity index (χ1v) is 10.6. The fourth-order valence-electron chi connectivity index (χ4n) is 3.02. The summed E-state index contributed by atoms with van der Waals surface area (Å²) in [6, 6.07) is 10.3. The quantitative estimate of drug-likeness (QED) is 0.457. The van der Waals surface area contributed by atoms with Gasteiger partial charge in [0.1, 0.15) is 0 Å². The minimum atomic E-state index is -0.416. The number of likely N-dealkylation sites (N-methyl/N-ethyl adjacent to an activating group) is 1. The van der Waals surface area contributed by atoms with E-state index in [4.69, 9.17) is 18.9 Å². The van der Waals surface area contributed by atoms with Crippen LogP contribution in [0.4, 0.5) is 5.69 Å². The number of esters is 1. The molecular formula is C23H24N2O6S. The largest absolute Gasteiger partial charge is 0.493 e. The molecule has 1 aliphatic heterocycles. The number of carbonyl (C=O) groups is 2. The number of benzene rings is 2. The van der Waals surface area contributed by atoms with Crippen molar-refractivity contribution >= 4 is 40.6 Å². The van der Waals surface area contributed by atoms with Crippen molar-refractivity contribution in [2.45, 2.75) is 6.92 Å². The Hall–Kier alpha value is -3.46. The standard InChI is InChI=1S/C23H24N2O6S/c1-6-31-22(27)15-8-7-9-16(13-15)24-23-25(2)21(26)19(32-23)12-14-10-17(28-3)20(30-5)18(11-14)29-4/h7-13H,6H2,1-5H3. The molecule has 32 heavy (non-hydrogen) atoms. The van der Waals surface area contributed by atoms with E-state index in [0.717, 1.165) is 0 Å². The van der Waals surface area contributed by atoms with E-state index in [2.05, 4.69) is 4.99 Å². The summed E-state index contributed by atoms with van der Waals surface area (Å²) in [5.74, 6) is 0.854. The van der Waals surface area contributed by atoms with Gasteiger partial charge in [-0.3, -0.25) is 9.69 Å². The first kappa shape index (κ1) is 23.2. The topological polar surface area (TPSA) is 86.7 Å². The Morgan fingerprint density at radius 1 is 1.09 bits per heavy atom. The van der Waals surface area contributed by atoms with Crippen LogP contribution in [-0.4, -0.2) is 56.9 Å². The molecule has 9 heteroatoms. The number of nitrogens with zero attached hydrogens (tertiary/aromatic N) is 2. The van der Waals surface area contributed by atoms with Gasteiger partial charge >= 0.3 is 5.97 Å². The lowest BCUT2D eigenvalue weighted by molar-refractivity contribution is -0.121. The van der Waals surface area contributed by atoms with Crippen molar-refractivity contribution in [1.82, 2.24) is 4.90 Å². The van der Waals surface area contributed by atoms with Gasteiger partial charge in [0, 0.05) is 7.05 Å². The summed E-state index contributed by atoms with van der Waals surface area (Å²) in [4.78, 5) is 31.3. The maximum absolute atomic E-state index is 12.8. The normalized spacial score (nSPS) is 15.9.